The quantitative estimate of drug-likeness (QED) is 0.432. The zero-order valence-corrected chi connectivity index (χ0v) is 6.81. The van der Waals surface area contributed by atoms with Crippen LogP contribution >= 0.6 is 0 Å². The maximum Gasteiger partial charge on any atom is 0.184 e. The Morgan fingerprint density at radius 2 is 1.77 bits per heavy atom. The molecule has 3 heteroatoms. The van der Waals surface area contributed by atoms with E-state index in [1.807, 2.05) is 0 Å². The lowest BCUT2D eigenvalue weighted by Gasteiger charge is -1.96. The second-order valence-electron chi connectivity index (χ2n) is 2.43. The van der Waals surface area contributed by atoms with Gasteiger partial charge in [-0.05, 0) is 11.6 Å². The van der Waals surface area contributed by atoms with Crippen LogP contribution in [-0.2, 0) is 4.79 Å². The maximum absolute atomic E-state index is 10.5. The number of benzene rings is 1. The first-order chi connectivity index (χ1) is 6.27. The molecule has 0 heterocycles. The minimum absolute atomic E-state index is 0.321. The lowest BCUT2D eigenvalue weighted by Crippen LogP contribution is -1.87. The first kappa shape index (κ1) is 9.19. The first-order valence-electron chi connectivity index (χ1n) is 3.68. The molecule has 0 bridgehead atoms. The summed E-state index contributed by atoms with van der Waals surface area (Å²) in [5.41, 5.74) is 0.970. The van der Waals surface area contributed by atoms with Gasteiger partial charge in [0.25, 0.3) is 0 Å². The third kappa shape index (κ3) is 2.27. The Morgan fingerprint density at radius 1 is 1.15 bits per heavy atom. The van der Waals surface area contributed by atoms with Gasteiger partial charge in [-0.25, -0.2) is 0 Å². The number of aliphatic hydroxyl groups is 1. The van der Waals surface area contributed by atoms with Crippen LogP contribution in [-0.4, -0.2) is 17.7 Å². The third-order valence-corrected chi connectivity index (χ3v) is 1.55. The molecule has 66 valence electrons. The SMILES string of the molecule is O=CC(O)=Cc1ccccc1C=O. The maximum atomic E-state index is 10.5. The van der Waals surface area contributed by atoms with Crippen molar-refractivity contribution in [2.45, 2.75) is 0 Å². The van der Waals surface area contributed by atoms with Gasteiger partial charge in [0, 0.05) is 5.56 Å². The van der Waals surface area contributed by atoms with Crippen LogP contribution in [0.4, 0.5) is 0 Å². The molecule has 1 N–H and O–H groups in total. The van der Waals surface area contributed by atoms with Gasteiger partial charge < -0.3 is 5.11 Å². The molecule has 0 aliphatic heterocycles. The largest absolute Gasteiger partial charge is 0.505 e. The van der Waals surface area contributed by atoms with Gasteiger partial charge in [-0.15, -0.1) is 0 Å². The van der Waals surface area contributed by atoms with Crippen LogP contribution in [0.25, 0.3) is 6.08 Å². The Kier molecular flexibility index (Phi) is 2.97. The Bertz CT molecular complexity index is 353. The van der Waals surface area contributed by atoms with E-state index in [0.717, 1.165) is 0 Å². The van der Waals surface area contributed by atoms with Crippen LogP contribution in [0.2, 0.25) is 0 Å². The second-order valence-corrected chi connectivity index (χ2v) is 2.43. The Balaban J connectivity index is 3.13. The summed E-state index contributed by atoms with van der Waals surface area (Å²) in [4.78, 5) is 20.6. The van der Waals surface area contributed by atoms with Gasteiger partial charge in [0.05, 0.1) is 0 Å². The summed E-state index contributed by atoms with van der Waals surface area (Å²) in [6.07, 6.45) is 2.24. The molecular weight excluding hydrogens is 168 g/mol. The van der Waals surface area contributed by atoms with Gasteiger partial charge in [-0.1, -0.05) is 24.3 Å². The second kappa shape index (κ2) is 4.21. The van der Waals surface area contributed by atoms with Crippen molar-refractivity contribution in [1.29, 1.82) is 0 Å². The van der Waals surface area contributed by atoms with E-state index in [-0.39, 0.29) is 0 Å². The molecule has 13 heavy (non-hydrogen) atoms. The Labute approximate surface area is 75.3 Å². The number of carbonyl (C=O) groups excluding carboxylic acids is 2. The molecule has 0 saturated heterocycles. The van der Waals surface area contributed by atoms with Crippen LogP contribution in [0.5, 0.6) is 0 Å². The predicted octanol–water partition coefficient (Wildman–Crippen LogP) is 1.60. The van der Waals surface area contributed by atoms with Crippen LogP contribution in [0.3, 0.4) is 0 Å². The predicted molar refractivity (Wildman–Crippen MR) is 48.5 cm³/mol. The zero-order valence-electron chi connectivity index (χ0n) is 6.81. The van der Waals surface area contributed by atoms with E-state index in [4.69, 9.17) is 5.11 Å². The van der Waals surface area contributed by atoms with E-state index in [2.05, 4.69) is 0 Å². The van der Waals surface area contributed by atoms with E-state index in [0.29, 0.717) is 23.7 Å². The zero-order chi connectivity index (χ0) is 9.68. The molecule has 0 radical (unpaired) electrons. The smallest absolute Gasteiger partial charge is 0.184 e. The summed E-state index contributed by atoms with van der Waals surface area (Å²) in [6.45, 7) is 0. The van der Waals surface area contributed by atoms with E-state index < -0.39 is 5.76 Å². The average molecular weight is 176 g/mol. The summed E-state index contributed by atoms with van der Waals surface area (Å²) < 4.78 is 0. The highest BCUT2D eigenvalue weighted by molar-refractivity contribution is 5.86. The average Bonchev–Trinajstić information content (AvgIpc) is 2.18. The number of carbonyl (C=O) groups is 2. The number of aliphatic hydroxyl groups excluding tert-OH is 1. The molecule has 1 aromatic rings. The van der Waals surface area contributed by atoms with Gasteiger partial charge in [0.15, 0.2) is 18.3 Å². The summed E-state index contributed by atoms with van der Waals surface area (Å²) in [5, 5.41) is 8.91. The molecule has 0 fully saturated rings. The van der Waals surface area contributed by atoms with E-state index in [9.17, 15) is 9.59 Å². The molecule has 0 aromatic heterocycles. The minimum Gasteiger partial charge on any atom is -0.505 e. The van der Waals surface area contributed by atoms with Crippen molar-refractivity contribution < 1.29 is 14.7 Å². The number of hydrogen-bond donors (Lipinski definition) is 1. The molecule has 3 nitrogen and oxygen atoms in total. The molecule has 0 amide bonds. The van der Waals surface area contributed by atoms with E-state index in [1.54, 1.807) is 24.3 Å². The van der Waals surface area contributed by atoms with Gasteiger partial charge in [-0.3, -0.25) is 9.59 Å². The highest BCUT2D eigenvalue weighted by Crippen LogP contribution is 2.09. The standard InChI is InChI=1S/C10H8O3/c11-6-9-4-2-1-3-8(9)5-10(13)7-12/h1-7,13H. The van der Waals surface area contributed by atoms with Crippen molar-refractivity contribution in [3.63, 3.8) is 0 Å². The van der Waals surface area contributed by atoms with E-state index in [1.165, 1.54) is 6.08 Å². The fourth-order valence-corrected chi connectivity index (χ4v) is 0.943. The molecule has 0 atom stereocenters. The summed E-state index contributed by atoms with van der Waals surface area (Å²) in [7, 11) is 0. The molecule has 0 saturated carbocycles. The van der Waals surface area contributed by atoms with Gasteiger partial charge in [0.1, 0.15) is 0 Å². The molecule has 0 spiro atoms. The van der Waals surface area contributed by atoms with Gasteiger partial charge in [-0.2, -0.15) is 0 Å². The molecule has 0 aliphatic rings. The van der Waals surface area contributed by atoms with E-state index >= 15 is 0 Å². The van der Waals surface area contributed by atoms with Crippen LogP contribution in [0, 0.1) is 0 Å². The number of rotatable bonds is 3. The topological polar surface area (TPSA) is 54.4 Å². The summed E-state index contributed by atoms with van der Waals surface area (Å²) >= 11 is 0. The van der Waals surface area contributed by atoms with Gasteiger partial charge in [0.2, 0.25) is 0 Å². The molecule has 1 rings (SSSR count). The van der Waals surface area contributed by atoms with Crippen molar-refractivity contribution in [3.05, 3.63) is 41.2 Å². The van der Waals surface area contributed by atoms with Gasteiger partial charge >= 0.3 is 0 Å². The van der Waals surface area contributed by atoms with Crippen LogP contribution in [0.1, 0.15) is 15.9 Å². The fraction of sp³-hybridized carbons (Fsp3) is 0. The monoisotopic (exact) mass is 176 g/mol. The number of hydrogen-bond acceptors (Lipinski definition) is 3. The van der Waals surface area contributed by atoms with Crippen molar-refractivity contribution in [2.75, 3.05) is 0 Å². The lowest BCUT2D eigenvalue weighted by atomic mass is 10.1. The van der Waals surface area contributed by atoms with Crippen molar-refractivity contribution >= 4 is 18.6 Å². The van der Waals surface area contributed by atoms with Crippen molar-refractivity contribution in [2.24, 2.45) is 0 Å². The molecule has 0 aliphatic carbocycles. The molecule has 1 aromatic carbocycles. The number of aldehydes is 2. The highest BCUT2D eigenvalue weighted by atomic mass is 16.3. The lowest BCUT2D eigenvalue weighted by molar-refractivity contribution is -0.106. The first-order valence-corrected chi connectivity index (χ1v) is 3.68. The fourth-order valence-electron chi connectivity index (χ4n) is 0.943. The summed E-state index contributed by atoms with van der Waals surface area (Å²) in [5.74, 6) is -0.394. The highest BCUT2D eigenvalue weighted by Gasteiger charge is 1.97. The molecular formula is C10H8O3. The van der Waals surface area contributed by atoms with Crippen LogP contribution in [0.15, 0.2) is 30.0 Å². The normalized spacial score (nSPS) is 10.9. The summed E-state index contributed by atoms with van der Waals surface area (Å²) in [6, 6.07) is 6.68. The minimum atomic E-state index is -0.394. The Hall–Kier alpha value is -1.90. The number of allylic oxidation sites excluding steroid dienone is 1. The van der Waals surface area contributed by atoms with Crippen molar-refractivity contribution in [1.82, 2.24) is 0 Å². The third-order valence-electron chi connectivity index (χ3n) is 1.55. The Morgan fingerprint density at radius 3 is 2.31 bits per heavy atom. The van der Waals surface area contributed by atoms with Crippen LogP contribution < -0.4 is 0 Å². The molecule has 0 unspecified atom stereocenters. The van der Waals surface area contributed by atoms with Crippen molar-refractivity contribution in [3.8, 4) is 0 Å².